The van der Waals surface area contributed by atoms with Crippen molar-refractivity contribution in [3.63, 3.8) is 0 Å². The molecule has 0 bridgehead atoms. The van der Waals surface area contributed by atoms with Crippen molar-refractivity contribution >= 4 is 34.6 Å². The van der Waals surface area contributed by atoms with Gasteiger partial charge in [0.05, 0.1) is 22.8 Å². The number of rotatable bonds is 6. The Kier molecular flexibility index (Phi) is 5.50. The quantitative estimate of drug-likeness (QED) is 0.678. The Morgan fingerprint density at radius 3 is 2.92 bits per heavy atom. The van der Waals surface area contributed by atoms with Gasteiger partial charge in [-0.3, -0.25) is 4.79 Å². The predicted molar refractivity (Wildman–Crippen MR) is 99.6 cm³/mol. The van der Waals surface area contributed by atoms with Crippen molar-refractivity contribution in [2.75, 3.05) is 6.54 Å². The molecule has 3 amide bonds. The summed E-state index contributed by atoms with van der Waals surface area (Å²) in [6.45, 7) is 4.34. The lowest BCUT2D eigenvalue weighted by atomic mass is 9.97. The van der Waals surface area contributed by atoms with Gasteiger partial charge >= 0.3 is 6.03 Å². The highest BCUT2D eigenvalue weighted by molar-refractivity contribution is 7.09. The summed E-state index contributed by atoms with van der Waals surface area (Å²) in [6.07, 6.45) is 1.75. The van der Waals surface area contributed by atoms with Crippen molar-refractivity contribution in [1.29, 1.82) is 0 Å². The van der Waals surface area contributed by atoms with E-state index in [1.54, 1.807) is 18.3 Å². The number of amides is 3. The Bertz CT molecular complexity index is 795. The first-order valence-corrected chi connectivity index (χ1v) is 9.86. The largest absolute Gasteiger partial charge is 0.352 e. The number of carbonyl (C=O) groups is 2. The minimum Gasteiger partial charge on any atom is -0.352 e. The first-order valence-electron chi connectivity index (χ1n) is 8.04. The van der Waals surface area contributed by atoms with Crippen LogP contribution in [0.3, 0.4) is 0 Å². The molecule has 1 unspecified atom stereocenters. The van der Waals surface area contributed by atoms with Gasteiger partial charge < -0.3 is 16.0 Å². The van der Waals surface area contributed by atoms with Crippen molar-refractivity contribution in [3.8, 4) is 0 Å². The fourth-order valence-corrected chi connectivity index (χ4v) is 4.31. The maximum absolute atomic E-state index is 12.7. The molecule has 3 N–H and O–H groups in total. The average Bonchev–Trinajstić information content (AvgIpc) is 3.22. The van der Waals surface area contributed by atoms with Crippen LogP contribution < -0.4 is 16.0 Å². The van der Waals surface area contributed by atoms with Gasteiger partial charge in [0.15, 0.2) is 0 Å². The van der Waals surface area contributed by atoms with Crippen LogP contribution in [0.1, 0.15) is 35.5 Å². The van der Waals surface area contributed by atoms with Gasteiger partial charge in [-0.15, -0.1) is 11.3 Å². The smallest absolute Gasteiger partial charge is 0.319 e. The molecular formula is C17H20N4O2S2. The van der Waals surface area contributed by atoms with Crippen LogP contribution in [0, 0.1) is 6.92 Å². The highest BCUT2D eigenvalue weighted by atomic mass is 32.1. The average molecular weight is 377 g/mol. The number of allylic oxidation sites excluding steroid dienone is 1. The molecule has 0 saturated carbocycles. The van der Waals surface area contributed by atoms with Crippen LogP contribution >= 0.6 is 22.7 Å². The van der Waals surface area contributed by atoms with Crippen LogP contribution in [0.2, 0.25) is 0 Å². The summed E-state index contributed by atoms with van der Waals surface area (Å²) in [5.41, 5.74) is 4.98. The number of carbonyl (C=O) groups excluding carboxylic acids is 2. The van der Waals surface area contributed by atoms with E-state index in [1.165, 1.54) is 16.2 Å². The fourth-order valence-electron chi connectivity index (χ4n) is 2.80. The fraction of sp³-hybridized carbons (Fsp3) is 0.353. The Morgan fingerprint density at radius 1 is 1.40 bits per heavy atom. The van der Waals surface area contributed by atoms with Crippen LogP contribution in [-0.2, 0) is 11.2 Å². The lowest BCUT2D eigenvalue weighted by molar-refractivity contribution is -0.117. The molecule has 6 nitrogen and oxygen atoms in total. The van der Waals surface area contributed by atoms with E-state index in [2.05, 4.69) is 20.9 Å². The summed E-state index contributed by atoms with van der Waals surface area (Å²) < 4.78 is 0. The number of nitrogens with one attached hydrogen (secondary N) is 3. The molecule has 8 heteroatoms. The third-order valence-corrected chi connectivity index (χ3v) is 5.80. The van der Waals surface area contributed by atoms with E-state index in [9.17, 15) is 9.59 Å². The molecule has 1 atom stereocenters. The molecule has 132 valence electrons. The number of hydrogen-bond acceptors (Lipinski definition) is 5. The molecular weight excluding hydrogens is 356 g/mol. The third-order valence-electron chi connectivity index (χ3n) is 4.10. The Labute approximate surface area is 154 Å². The molecule has 2 aromatic rings. The van der Waals surface area contributed by atoms with E-state index >= 15 is 0 Å². The minimum atomic E-state index is -0.413. The minimum absolute atomic E-state index is 0.151. The highest BCUT2D eigenvalue weighted by Crippen LogP contribution is 2.28. The second-order valence-corrected chi connectivity index (χ2v) is 7.57. The van der Waals surface area contributed by atoms with Crippen LogP contribution in [0.25, 0.3) is 0 Å². The van der Waals surface area contributed by atoms with Gasteiger partial charge in [0, 0.05) is 17.1 Å². The molecule has 3 rings (SSSR count). The second-order valence-electron chi connectivity index (χ2n) is 5.85. The number of hydrogen-bond donors (Lipinski definition) is 3. The molecule has 0 aliphatic carbocycles. The van der Waals surface area contributed by atoms with Crippen molar-refractivity contribution < 1.29 is 9.59 Å². The monoisotopic (exact) mass is 376 g/mol. The number of urea groups is 1. The number of thiophene rings is 1. The number of aromatic nitrogens is 1. The zero-order chi connectivity index (χ0) is 17.8. The van der Waals surface area contributed by atoms with E-state index in [0.717, 1.165) is 24.1 Å². The van der Waals surface area contributed by atoms with Crippen molar-refractivity contribution in [3.05, 3.63) is 49.7 Å². The van der Waals surface area contributed by atoms with Gasteiger partial charge in [0.2, 0.25) is 0 Å². The first kappa shape index (κ1) is 17.6. The van der Waals surface area contributed by atoms with Gasteiger partial charge in [-0.05, 0) is 49.1 Å². The van der Waals surface area contributed by atoms with E-state index in [4.69, 9.17) is 0 Å². The summed E-state index contributed by atoms with van der Waals surface area (Å²) in [6, 6.07) is 1.23. The van der Waals surface area contributed by atoms with Crippen LogP contribution in [0.5, 0.6) is 0 Å². The van der Waals surface area contributed by atoms with Gasteiger partial charge in [0.25, 0.3) is 5.91 Å². The topological polar surface area (TPSA) is 83.1 Å². The third kappa shape index (κ3) is 4.08. The molecule has 0 fully saturated rings. The van der Waals surface area contributed by atoms with E-state index in [1.807, 2.05) is 29.3 Å². The van der Waals surface area contributed by atoms with Crippen LogP contribution in [0.15, 0.2) is 33.6 Å². The lowest BCUT2D eigenvalue weighted by Gasteiger charge is -2.28. The zero-order valence-corrected chi connectivity index (χ0v) is 15.7. The van der Waals surface area contributed by atoms with Crippen molar-refractivity contribution in [2.45, 2.75) is 32.7 Å². The first-order chi connectivity index (χ1) is 12.1. The summed E-state index contributed by atoms with van der Waals surface area (Å²) in [5.74, 6) is -0.151. The molecule has 3 heterocycles. The molecule has 0 spiro atoms. The zero-order valence-electron chi connectivity index (χ0n) is 14.1. The Morgan fingerprint density at radius 2 is 2.24 bits per heavy atom. The lowest BCUT2D eigenvalue weighted by Crippen LogP contribution is -2.47. The maximum atomic E-state index is 12.7. The van der Waals surface area contributed by atoms with Crippen molar-refractivity contribution in [2.24, 2.45) is 0 Å². The number of aryl methyl sites for hydroxylation is 2. The van der Waals surface area contributed by atoms with Gasteiger partial charge in [-0.2, -0.15) is 11.3 Å². The maximum Gasteiger partial charge on any atom is 0.319 e. The second kappa shape index (κ2) is 7.79. The van der Waals surface area contributed by atoms with E-state index in [0.29, 0.717) is 17.8 Å². The van der Waals surface area contributed by atoms with E-state index < -0.39 is 6.04 Å². The van der Waals surface area contributed by atoms with Gasteiger partial charge in [0.1, 0.15) is 0 Å². The Balaban J connectivity index is 1.63. The number of thiazole rings is 1. The standard InChI is InChI=1S/C17H20N4O2S2/c1-10-13(25-9-19-10)4-3-6-18-16(22)14-11(2)20-17(23)21-15(14)12-5-7-24-8-12/h5,7-9,15H,3-4,6H2,1-2H3,(H,18,22)(H2,20,21,23). The summed E-state index contributed by atoms with van der Waals surface area (Å²) >= 11 is 3.19. The molecule has 0 saturated heterocycles. The summed E-state index contributed by atoms with van der Waals surface area (Å²) in [4.78, 5) is 30.0. The Hall–Kier alpha value is -2.19. The molecule has 1 aliphatic rings. The SMILES string of the molecule is CC1=C(C(=O)NCCCc2scnc2C)C(c2ccsc2)NC(=O)N1. The normalized spacial score (nSPS) is 17.2. The molecule has 0 aromatic carbocycles. The van der Waals surface area contributed by atoms with Crippen LogP contribution in [-0.4, -0.2) is 23.5 Å². The molecule has 2 aromatic heterocycles. The highest BCUT2D eigenvalue weighted by Gasteiger charge is 2.31. The van der Waals surface area contributed by atoms with E-state index in [-0.39, 0.29) is 11.9 Å². The molecule has 1 aliphatic heterocycles. The van der Waals surface area contributed by atoms with Crippen molar-refractivity contribution in [1.82, 2.24) is 20.9 Å². The molecule has 0 radical (unpaired) electrons. The summed E-state index contributed by atoms with van der Waals surface area (Å²) in [5, 5.41) is 12.4. The van der Waals surface area contributed by atoms with Gasteiger partial charge in [-0.25, -0.2) is 9.78 Å². The summed E-state index contributed by atoms with van der Waals surface area (Å²) in [7, 11) is 0. The predicted octanol–water partition coefficient (Wildman–Crippen LogP) is 2.89. The van der Waals surface area contributed by atoms with Gasteiger partial charge in [-0.1, -0.05) is 0 Å². The number of nitrogens with zero attached hydrogens (tertiary/aromatic N) is 1. The van der Waals surface area contributed by atoms with Crippen LogP contribution in [0.4, 0.5) is 4.79 Å². The molecule has 25 heavy (non-hydrogen) atoms.